The van der Waals surface area contributed by atoms with Crippen molar-refractivity contribution in [2.24, 2.45) is 0 Å². The molecule has 1 aromatic rings. The number of aromatic nitrogens is 2. The minimum absolute atomic E-state index is 0.520. The molecule has 1 saturated heterocycles. The van der Waals surface area contributed by atoms with Crippen LogP contribution in [0.25, 0.3) is 0 Å². The lowest BCUT2D eigenvalue weighted by atomic mass is 10.1. The molecule has 0 amide bonds. The highest BCUT2D eigenvalue weighted by Gasteiger charge is 2.26. The van der Waals surface area contributed by atoms with Gasteiger partial charge in [0.2, 0.25) is 11.8 Å². The van der Waals surface area contributed by atoms with Gasteiger partial charge in [0.25, 0.3) is 0 Å². The Balaban J connectivity index is 2.08. The summed E-state index contributed by atoms with van der Waals surface area (Å²) in [5.74, 6) is 1.46. The molecule has 0 spiro atoms. The lowest BCUT2D eigenvalue weighted by Crippen LogP contribution is -2.58. The van der Waals surface area contributed by atoms with Gasteiger partial charge in [0.15, 0.2) is 0 Å². The van der Waals surface area contributed by atoms with Crippen LogP contribution in [0, 0.1) is 0 Å². The van der Waals surface area contributed by atoms with Gasteiger partial charge in [-0.1, -0.05) is 13.8 Å². The number of nitrogens with zero attached hydrogens (tertiary/aromatic N) is 3. The molecule has 0 saturated carbocycles. The van der Waals surface area contributed by atoms with E-state index in [2.05, 4.69) is 34.0 Å². The van der Waals surface area contributed by atoms with E-state index in [0.717, 1.165) is 38.4 Å². The molecule has 0 unspecified atom stereocenters. The van der Waals surface area contributed by atoms with Crippen LogP contribution < -0.4 is 15.0 Å². The van der Waals surface area contributed by atoms with Crippen molar-refractivity contribution in [1.29, 1.82) is 0 Å². The second-order valence-corrected chi connectivity index (χ2v) is 4.55. The molecule has 18 heavy (non-hydrogen) atoms. The SMILES string of the molecule is CCCOc1ccnc(N(CCC)C2CNC2)n1. The van der Waals surface area contributed by atoms with Gasteiger partial charge in [-0.25, -0.2) is 4.98 Å². The van der Waals surface area contributed by atoms with Crippen LogP contribution >= 0.6 is 0 Å². The average Bonchev–Trinajstić information content (AvgIpc) is 2.34. The van der Waals surface area contributed by atoms with Crippen molar-refractivity contribution in [3.8, 4) is 5.88 Å². The molecule has 1 aromatic heterocycles. The fraction of sp³-hybridized carbons (Fsp3) is 0.692. The van der Waals surface area contributed by atoms with E-state index in [9.17, 15) is 0 Å². The van der Waals surface area contributed by atoms with Gasteiger partial charge in [-0.2, -0.15) is 4.98 Å². The van der Waals surface area contributed by atoms with Gasteiger partial charge >= 0.3 is 0 Å². The third-order valence-electron chi connectivity index (χ3n) is 2.99. The second-order valence-electron chi connectivity index (χ2n) is 4.55. The van der Waals surface area contributed by atoms with Crippen LogP contribution in [0.15, 0.2) is 12.3 Å². The number of rotatable bonds is 7. The average molecular weight is 250 g/mol. The van der Waals surface area contributed by atoms with E-state index in [0.29, 0.717) is 18.5 Å². The Labute approximate surface area is 109 Å². The maximum atomic E-state index is 5.56. The van der Waals surface area contributed by atoms with Gasteiger partial charge in [0.05, 0.1) is 12.6 Å². The van der Waals surface area contributed by atoms with Crippen LogP contribution in [0.1, 0.15) is 26.7 Å². The molecule has 2 rings (SSSR count). The van der Waals surface area contributed by atoms with Crippen molar-refractivity contribution in [3.05, 3.63) is 12.3 Å². The zero-order valence-electron chi connectivity index (χ0n) is 11.2. The van der Waals surface area contributed by atoms with E-state index in [-0.39, 0.29) is 0 Å². The fourth-order valence-corrected chi connectivity index (χ4v) is 1.94. The highest BCUT2D eigenvalue weighted by molar-refractivity contribution is 5.35. The molecule has 1 aliphatic heterocycles. The number of hydrogen-bond donors (Lipinski definition) is 1. The Hall–Kier alpha value is -1.36. The van der Waals surface area contributed by atoms with Crippen molar-refractivity contribution in [2.45, 2.75) is 32.7 Å². The third kappa shape index (κ3) is 3.10. The zero-order valence-corrected chi connectivity index (χ0v) is 11.2. The molecule has 0 aromatic carbocycles. The lowest BCUT2D eigenvalue weighted by Gasteiger charge is -2.38. The van der Waals surface area contributed by atoms with Gasteiger partial charge in [-0.3, -0.25) is 0 Å². The van der Waals surface area contributed by atoms with Crippen molar-refractivity contribution in [2.75, 3.05) is 31.1 Å². The highest BCUT2D eigenvalue weighted by Crippen LogP contribution is 2.17. The molecular formula is C13H22N4O. The molecule has 0 aliphatic carbocycles. The summed E-state index contributed by atoms with van der Waals surface area (Å²) in [5, 5.41) is 3.29. The van der Waals surface area contributed by atoms with Crippen molar-refractivity contribution >= 4 is 5.95 Å². The quantitative estimate of drug-likeness (QED) is 0.794. The van der Waals surface area contributed by atoms with Crippen LogP contribution in [0.2, 0.25) is 0 Å². The summed E-state index contributed by atoms with van der Waals surface area (Å²) in [5.41, 5.74) is 0. The lowest BCUT2D eigenvalue weighted by molar-refractivity contribution is 0.304. The maximum Gasteiger partial charge on any atom is 0.228 e. The summed E-state index contributed by atoms with van der Waals surface area (Å²) in [4.78, 5) is 11.1. The predicted molar refractivity (Wildman–Crippen MR) is 72.1 cm³/mol. The normalized spacial score (nSPS) is 15.2. The first-order valence-corrected chi connectivity index (χ1v) is 6.78. The minimum Gasteiger partial charge on any atom is -0.478 e. The molecule has 100 valence electrons. The van der Waals surface area contributed by atoms with E-state index in [4.69, 9.17) is 4.74 Å². The first-order valence-electron chi connectivity index (χ1n) is 6.78. The summed E-state index contributed by atoms with van der Waals surface area (Å²) in [6, 6.07) is 2.34. The van der Waals surface area contributed by atoms with Crippen LogP contribution in [0.4, 0.5) is 5.95 Å². The molecule has 0 radical (unpaired) electrons. The van der Waals surface area contributed by atoms with Crippen molar-refractivity contribution < 1.29 is 4.74 Å². The summed E-state index contributed by atoms with van der Waals surface area (Å²) >= 11 is 0. The molecule has 2 heterocycles. The molecular weight excluding hydrogens is 228 g/mol. The second kappa shape index (κ2) is 6.54. The molecule has 1 N–H and O–H groups in total. The molecule has 1 aliphatic rings. The molecule has 0 bridgehead atoms. The Morgan fingerprint density at radius 2 is 2.22 bits per heavy atom. The Kier molecular flexibility index (Phi) is 4.75. The summed E-state index contributed by atoms with van der Waals surface area (Å²) in [6.45, 7) is 7.99. The first kappa shape index (κ1) is 13.1. The Morgan fingerprint density at radius 1 is 1.39 bits per heavy atom. The van der Waals surface area contributed by atoms with Gasteiger partial charge in [-0.05, 0) is 12.8 Å². The number of ether oxygens (including phenoxy) is 1. The van der Waals surface area contributed by atoms with Gasteiger partial charge in [-0.15, -0.1) is 0 Å². The number of hydrogen-bond acceptors (Lipinski definition) is 5. The zero-order chi connectivity index (χ0) is 12.8. The van der Waals surface area contributed by atoms with E-state index in [1.54, 1.807) is 6.20 Å². The third-order valence-corrected chi connectivity index (χ3v) is 2.99. The van der Waals surface area contributed by atoms with Crippen molar-refractivity contribution in [1.82, 2.24) is 15.3 Å². The van der Waals surface area contributed by atoms with E-state index >= 15 is 0 Å². The largest absolute Gasteiger partial charge is 0.478 e. The highest BCUT2D eigenvalue weighted by atomic mass is 16.5. The van der Waals surface area contributed by atoms with Crippen molar-refractivity contribution in [3.63, 3.8) is 0 Å². The molecule has 0 atom stereocenters. The molecule has 1 fully saturated rings. The summed E-state index contributed by atoms with van der Waals surface area (Å²) < 4.78 is 5.56. The van der Waals surface area contributed by atoms with Crippen LogP contribution in [0.5, 0.6) is 5.88 Å². The number of nitrogens with one attached hydrogen (secondary N) is 1. The summed E-state index contributed by atoms with van der Waals surface area (Å²) in [6.07, 6.45) is 3.87. The van der Waals surface area contributed by atoms with E-state index in [1.165, 1.54) is 0 Å². The smallest absolute Gasteiger partial charge is 0.228 e. The minimum atomic E-state index is 0.520. The van der Waals surface area contributed by atoms with E-state index < -0.39 is 0 Å². The molecule has 5 nitrogen and oxygen atoms in total. The first-order chi connectivity index (χ1) is 8.85. The predicted octanol–water partition coefficient (Wildman–Crippen LogP) is 1.45. The Bertz CT molecular complexity index is 368. The monoisotopic (exact) mass is 250 g/mol. The Morgan fingerprint density at radius 3 is 2.83 bits per heavy atom. The van der Waals surface area contributed by atoms with Gasteiger partial charge in [0, 0.05) is 31.9 Å². The van der Waals surface area contributed by atoms with Gasteiger partial charge < -0.3 is 15.0 Å². The maximum absolute atomic E-state index is 5.56. The number of anilines is 1. The summed E-state index contributed by atoms with van der Waals surface area (Å²) in [7, 11) is 0. The fourth-order valence-electron chi connectivity index (χ4n) is 1.94. The standard InChI is InChI=1S/C13H22N4O/c1-3-7-17(11-9-14-10-11)13-15-6-5-12(16-13)18-8-4-2/h5-6,11,14H,3-4,7-10H2,1-2H3. The molecule has 5 heteroatoms. The van der Waals surface area contributed by atoms with Crippen LogP contribution in [-0.4, -0.2) is 42.3 Å². The van der Waals surface area contributed by atoms with E-state index in [1.807, 2.05) is 6.07 Å². The van der Waals surface area contributed by atoms with Gasteiger partial charge in [0.1, 0.15) is 0 Å². The van der Waals surface area contributed by atoms with Crippen LogP contribution in [-0.2, 0) is 0 Å². The topological polar surface area (TPSA) is 50.3 Å². The van der Waals surface area contributed by atoms with Crippen LogP contribution in [0.3, 0.4) is 0 Å².